The fourth-order valence-corrected chi connectivity index (χ4v) is 2.47. The maximum atomic E-state index is 12.1. The lowest BCUT2D eigenvalue weighted by atomic mass is 10.1. The van der Waals surface area contributed by atoms with Gasteiger partial charge in [0.25, 0.3) is 0 Å². The molecule has 6 nitrogen and oxygen atoms in total. The van der Waals surface area contributed by atoms with Crippen LogP contribution in [0.4, 0.5) is 5.69 Å². The van der Waals surface area contributed by atoms with E-state index in [0.717, 1.165) is 16.7 Å². The summed E-state index contributed by atoms with van der Waals surface area (Å²) >= 11 is 0. The minimum Gasteiger partial charge on any atom is -0.389 e. The number of hydrogen-bond donors (Lipinski definition) is 2. The van der Waals surface area contributed by atoms with Crippen LogP contribution >= 0.6 is 0 Å². The average molecular weight is 351 g/mol. The summed E-state index contributed by atoms with van der Waals surface area (Å²) in [7, 11) is 0. The van der Waals surface area contributed by atoms with E-state index in [9.17, 15) is 9.90 Å². The van der Waals surface area contributed by atoms with Gasteiger partial charge in [-0.15, -0.1) is 0 Å². The molecule has 26 heavy (non-hydrogen) atoms. The van der Waals surface area contributed by atoms with Crippen molar-refractivity contribution in [2.45, 2.75) is 32.8 Å². The molecule has 6 heteroatoms. The number of rotatable bonds is 6. The maximum Gasteiger partial charge on any atom is 0.227 e. The number of hydrogen-bond acceptors (Lipinski definition) is 5. The van der Waals surface area contributed by atoms with E-state index in [4.69, 9.17) is 4.52 Å². The predicted octanol–water partition coefficient (Wildman–Crippen LogP) is 3.67. The molecule has 134 valence electrons. The third-order valence-electron chi connectivity index (χ3n) is 4.02. The van der Waals surface area contributed by atoms with E-state index in [0.29, 0.717) is 23.8 Å². The van der Waals surface area contributed by atoms with Gasteiger partial charge in [0.15, 0.2) is 0 Å². The summed E-state index contributed by atoms with van der Waals surface area (Å²) in [6.45, 7) is 3.71. The molecule has 1 heterocycles. The number of nitrogens with one attached hydrogen (secondary N) is 1. The van der Waals surface area contributed by atoms with Crippen molar-refractivity contribution < 1.29 is 14.4 Å². The molecule has 0 radical (unpaired) electrons. The number of amides is 1. The van der Waals surface area contributed by atoms with Crippen LogP contribution in [-0.4, -0.2) is 21.2 Å². The molecule has 0 bridgehead atoms. The van der Waals surface area contributed by atoms with Gasteiger partial charge in [-0.25, -0.2) is 0 Å². The van der Waals surface area contributed by atoms with Crippen LogP contribution in [-0.2, 0) is 11.2 Å². The third kappa shape index (κ3) is 4.55. The molecule has 0 saturated heterocycles. The largest absolute Gasteiger partial charge is 0.389 e. The molecule has 1 amide bonds. The highest BCUT2D eigenvalue weighted by Gasteiger charge is 2.11. The smallest absolute Gasteiger partial charge is 0.227 e. The molecule has 1 atom stereocenters. The third-order valence-corrected chi connectivity index (χ3v) is 4.02. The summed E-state index contributed by atoms with van der Waals surface area (Å²) in [5.74, 6) is 0.819. The van der Waals surface area contributed by atoms with Crippen molar-refractivity contribution in [2.24, 2.45) is 0 Å². The Morgan fingerprint density at radius 1 is 1.15 bits per heavy atom. The first-order chi connectivity index (χ1) is 12.5. The fourth-order valence-electron chi connectivity index (χ4n) is 2.47. The van der Waals surface area contributed by atoms with Crippen LogP contribution in [0.1, 0.15) is 36.5 Å². The van der Waals surface area contributed by atoms with E-state index < -0.39 is 6.10 Å². The van der Waals surface area contributed by atoms with Crippen molar-refractivity contribution in [2.75, 3.05) is 5.32 Å². The number of aromatic nitrogens is 2. The molecular weight excluding hydrogens is 330 g/mol. The van der Waals surface area contributed by atoms with E-state index in [-0.39, 0.29) is 12.3 Å². The molecule has 0 aliphatic rings. The lowest BCUT2D eigenvalue weighted by Gasteiger charge is -2.07. The van der Waals surface area contributed by atoms with Crippen LogP contribution in [0, 0.1) is 6.92 Å². The second-order valence-electron chi connectivity index (χ2n) is 6.22. The number of anilines is 1. The Hall–Kier alpha value is -2.99. The van der Waals surface area contributed by atoms with Crippen molar-refractivity contribution in [3.63, 3.8) is 0 Å². The van der Waals surface area contributed by atoms with Crippen molar-refractivity contribution in [3.8, 4) is 11.4 Å². The molecule has 0 fully saturated rings. The van der Waals surface area contributed by atoms with E-state index in [1.807, 2.05) is 31.2 Å². The topological polar surface area (TPSA) is 88.2 Å². The molecule has 0 aliphatic heterocycles. The van der Waals surface area contributed by atoms with Gasteiger partial charge in [-0.3, -0.25) is 4.79 Å². The molecule has 2 N–H and O–H groups in total. The van der Waals surface area contributed by atoms with Gasteiger partial charge in [-0.1, -0.05) is 47.1 Å². The van der Waals surface area contributed by atoms with Crippen LogP contribution < -0.4 is 5.32 Å². The molecule has 1 unspecified atom stereocenters. The molecule has 0 saturated carbocycles. The van der Waals surface area contributed by atoms with Gasteiger partial charge in [-0.05, 0) is 31.5 Å². The summed E-state index contributed by atoms with van der Waals surface area (Å²) in [4.78, 5) is 16.4. The molecule has 1 aromatic heterocycles. The molecule has 0 aliphatic carbocycles. The Kier molecular flexibility index (Phi) is 5.43. The number of benzene rings is 2. The predicted molar refractivity (Wildman–Crippen MR) is 98.5 cm³/mol. The summed E-state index contributed by atoms with van der Waals surface area (Å²) in [6.07, 6.45) is 0.0874. The standard InChI is InChI=1S/C20H21N3O3/c1-13-3-5-16(6-4-13)20-22-19(26-23-20)12-11-18(25)21-17-9-7-15(8-10-17)14(2)24/h3-10,14,24H,11-12H2,1-2H3,(H,21,25). The van der Waals surface area contributed by atoms with Gasteiger partial charge in [0.2, 0.25) is 17.6 Å². The quantitative estimate of drug-likeness (QED) is 0.707. The number of nitrogens with zero attached hydrogens (tertiary/aromatic N) is 2. The van der Waals surface area contributed by atoms with Crippen LogP contribution in [0.15, 0.2) is 53.1 Å². The monoisotopic (exact) mass is 351 g/mol. The molecule has 2 aromatic carbocycles. The van der Waals surface area contributed by atoms with E-state index >= 15 is 0 Å². The molecule has 3 rings (SSSR count). The minimum atomic E-state index is -0.528. The number of aliphatic hydroxyl groups excluding tert-OH is 1. The lowest BCUT2D eigenvalue weighted by molar-refractivity contribution is -0.116. The van der Waals surface area contributed by atoms with Crippen molar-refractivity contribution in [1.82, 2.24) is 10.1 Å². The van der Waals surface area contributed by atoms with Crippen molar-refractivity contribution >= 4 is 11.6 Å². The molecular formula is C20H21N3O3. The van der Waals surface area contributed by atoms with Crippen LogP contribution in [0.2, 0.25) is 0 Å². The maximum absolute atomic E-state index is 12.1. The first kappa shape index (κ1) is 17.8. The first-order valence-corrected chi connectivity index (χ1v) is 8.49. The molecule has 3 aromatic rings. The van der Waals surface area contributed by atoms with Gasteiger partial charge in [0, 0.05) is 24.1 Å². The highest BCUT2D eigenvalue weighted by Crippen LogP contribution is 2.18. The SMILES string of the molecule is Cc1ccc(-c2noc(CCC(=O)Nc3ccc(C(C)O)cc3)n2)cc1. The van der Waals surface area contributed by atoms with Crippen LogP contribution in [0.25, 0.3) is 11.4 Å². The second-order valence-corrected chi connectivity index (χ2v) is 6.22. The highest BCUT2D eigenvalue weighted by molar-refractivity contribution is 5.90. The number of carbonyl (C=O) groups is 1. The summed E-state index contributed by atoms with van der Waals surface area (Å²) in [5, 5.41) is 16.3. The van der Waals surface area contributed by atoms with Gasteiger partial charge >= 0.3 is 0 Å². The summed E-state index contributed by atoms with van der Waals surface area (Å²) in [6, 6.07) is 15.0. The van der Waals surface area contributed by atoms with Crippen LogP contribution in [0.3, 0.4) is 0 Å². The van der Waals surface area contributed by atoms with Gasteiger partial charge in [-0.2, -0.15) is 4.98 Å². The zero-order chi connectivity index (χ0) is 18.5. The van der Waals surface area contributed by atoms with Crippen molar-refractivity contribution in [3.05, 3.63) is 65.5 Å². The normalized spacial score (nSPS) is 12.0. The van der Waals surface area contributed by atoms with Crippen molar-refractivity contribution in [1.29, 1.82) is 0 Å². The second kappa shape index (κ2) is 7.93. The zero-order valence-corrected chi connectivity index (χ0v) is 14.8. The summed E-state index contributed by atoms with van der Waals surface area (Å²) in [5.41, 5.74) is 3.53. The Morgan fingerprint density at radius 2 is 1.85 bits per heavy atom. The van der Waals surface area contributed by atoms with Gasteiger partial charge in [0.05, 0.1) is 6.10 Å². The Morgan fingerprint density at radius 3 is 2.50 bits per heavy atom. The number of aryl methyl sites for hydroxylation is 2. The zero-order valence-electron chi connectivity index (χ0n) is 14.8. The van der Waals surface area contributed by atoms with E-state index in [1.165, 1.54) is 0 Å². The summed E-state index contributed by atoms with van der Waals surface area (Å²) < 4.78 is 5.22. The average Bonchev–Trinajstić information content (AvgIpc) is 3.10. The van der Waals surface area contributed by atoms with E-state index in [2.05, 4.69) is 15.5 Å². The number of aliphatic hydroxyl groups is 1. The Labute approximate surface area is 151 Å². The fraction of sp³-hybridized carbons (Fsp3) is 0.250. The van der Waals surface area contributed by atoms with Crippen LogP contribution in [0.5, 0.6) is 0 Å². The first-order valence-electron chi connectivity index (χ1n) is 8.49. The Balaban J connectivity index is 1.54. The minimum absolute atomic E-state index is 0.134. The number of carbonyl (C=O) groups excluding carboxylic acids is 1. The Bertz CT molecular complexity index is 868. The van der Waals surface area contributed by atoms with E-state index in [1.54, 1.807) is 31.2 Å². The van der Waals surface area contributed by atoms with Gasteiger partial charge in [0.1, 0.15) is 0 Å². The van der Waals surface area contributed by atoms with Gasteiger partial charge < -0.3 is 14.9 Å². The lowest BCUT2D eigenvalue weighted by Crippen LogP contribution is -2.12. The molecule has 0 spiro atoms. The highest BCUT2D eigenvalue weighted by atomic mass is 16.5.